The van der Waals surface area contributed by atoms with Gasteiger partial charge >= 0.3 is 0 Å². The number of aromatic nitrogens is 1. The van der Waals surface area contributed by atoms with Gasteiger partial charge in [0.2, 0.25) is 5.91 Å². The third-order valence-electron chi connectivity index (χ3n) is 5.19. The molecule has 1 unspecified atom stereocenters. The van der Waals surface area contributed by atoms with Crippen LogP contribution >= 0.6 is 11.3 Å². The Hall–Kier alpha value is -2.49. The van der Waals surface area contributed by atoms with Crippen molar-refractivity contribution in [3.63, 3.8) is 0 Å². The number of para-hydroxylation sites is 1. The molecular weight excluding hydrogens is 448 g/mol. The van der Waals surface area contributed by atoms with E-state index in [4.69, 9.17) is 9.47 Å². The maximum absolute atomic E-state index is 13.3. The molecular formula is C23H26N2O5S2. The van der Waals surface area contributed by atoms with Gasteiger partial charge in [-0.05, 0) is 37.5 Å². The number of hydrogen-bond donors (Lipinski definition) is 0. The molecule has 1 atom stereocenters. The first-order valence-electron chi connectivity index (χ1n) is 10.6. The van der Waals surface area contributed by atoms with Gasteiger partial charge in [0, 0.05) is 6.61 Å². The van der Waals surface area contributed by atoms with E-state index >= 15 is 0 Å². The fourth-order valence-electron chi connectivity index (χ4n) is 3.72. The molecule has 170 valence electrons. The van der Waals surface area contributed by atoms with E-state index in [0.29, 0.717) is 35.2 Å². The minimum Gasteiger partial charge on any atom is -0.492 e. The van der Waals surface area contributed by atoms with Crippen LogP contribution in [0.1, 0.15) is 25.3 Å². The molecule has 0 bridgehead atoms. The SMILES string of the molecule is CCOc1cccc2sc(N(CC3CCCO3)C(=O)CS(=O)(=O)Cc3ccccc3)nc12. The highest BCUT2D eigenvalue weighted by Crippen LogP contribution is 2.35. The van der Waals surface area contributed by atoms with Crippen LogP contribution in [0.15, 0.2) is 48.5 Å². The van der Waals surface area contributed by atoms with Gasteiger partial charge in [0.25, 0.3) is 0 Å². The third-order valence-corrected chi connectivity index (χ3v) is 7.69. The molecule has 3 aromatic rings. The van der Waals surface area contributed by atoms with Crippen molar-refractivity contribution in [2.75, 3.05) is 30.4 Å². The number of rotatable bonds is 9. The monoisotopic (exact) mass is 474 g/mol. The van der Waals surface area contributed by atoms with Crippen LogP contribution in [0, 0.1) is 0 Å². The molecule has 2 aromatic carbocycles. The summed E-state index contributed by atoms with van der Waals surface area (Å²) in [6, 6.07) is 14.5. The molecule has 1 amide bonds. The van der Waals surface area contributed by atoms with Crippen molar-refractivity contribution in [3.05, 3.63) is 54.1 Å². The van der Waals surface area contributed by atoms with Crippen LogP contribution in [-0.4, -0.2) is 50.9 Å². The van der Waals surface area contributed by atoms with Gasteiger partial charge in [0.1, 0.15) is 17.0 Å². The van der Waals surface area contributed by atoms with Gasteiger partial charge in [-0.1, -0.05) is 47.7 Å². The largest absolute Gasteiger partial charge is 0.492 e. The lowest BCUT2D eigenvalue weighted by Gasteiger charge is -2.23. The Morgan fingerprint density at radius 1 is 1.22 bits per heavy atom. The quantitative estimate of drug-likeness (QED) is 0.469. The molecule has 4 rings (SSSR count). The summed E-state index contributed by atoms with van der Waals surface area (Å²) in [5.74, 6) is -0.605. The lowest BCUT2D eigenvalue weighted by molar-refractivity contribution is -0.116. The van der Waals surface area contributed by atoms with Crippen molar-refractivity contribution in [1.82, 2.24) is 4.98 Å². The van der Waals surface area contributed by atoms with E-state index in [1.165, 1.54) is 16.2 Å². The molecule has 0 spiro atoms. The minimum absolute atomic E-state index is 0.130. The Morgan fingerprint density at radius 3 is 2.75 bits per heavy atom. The average molecular weight is 475 g/mol. The normalized spacial score (nSPS) is 16.3. The number of ether oxygens (including phenoxy) is 2. The number of amides is 1. The Kier molecular flexibility index (Phi) is 7.07. The molecule has 1 aliphatic heterocycles. The third kappa shape index (κ3) is 5.46. The van der Waals surface area contributed by atoms with Crippen LogP contribution < -0.4 is 9.64 Å². The van der Waals surface area contributed by atoms with E-state index in [-0.39, 0.29) is 18.4 Å². The van der Waals surface area contributed by atoms with Crippen LogP contribution in [0.5, 0.6) is 5.75 Å². The molecule has 32 heavy (non-hydrogen) atoms. The number of carbonyl (C=O) groups is 1. The van der Waals surface area contributed by atoms with Crippen molar-refractivity contribution >= 4 is 42.4 Å². The zero-order valence-electron chi connectivity index (χ0n) is 17.9. The van der Waals surface area contributed by atoms with E-state index < -0.39 is 21.5 Å². The van der Waals surface area contributed by atoms with Gasteiger partial charge in [-0.2, -0.15) is 0 Å². The van der Waals surface area contributed by atoms with Crippen molar-refractivity contribution in [3.8, 4) is 5.75 Å². The number of carbonyl (C=O) groups excluding carboxylic acids is 1. The fraction of sp³-hybridized carbons (Fsp3) is 0.391. The Balaban J connectivity index is 1.61. The summed E-state index contributed by atoms with van der Waals surface area (Å²) in [4.78, 5) is 19.4. The second-order valence-electron chi connectivity index (χ2n) is 7.69. The van der Waals surface area contributed by atoms with Crippen molar-refractivity contribution in [2.24, 2.45) is 0 Å². The van der Waals surface area contributed by atoms with Gasteiger partial charge in [-0.15, -0.1) is 0 Å². The van der Waals surface area contributed by atoms with Gasteiger partial charge in [-0.3, -0.25) is 9.69 Å². The van der Waals surface area contributed by atoms with E-state index in [1.54, 1.807) is 24.3 Å². The Morgan fingerprint density at radius 2 is 2.03 bits per heavy atom. The van der Waals surface area contributed by atoms with Crippen LogP contribution in [0.4, 0.5) is 5.13 Å². The van der Waals surface area contributed by atoms with E-state index in [9.17, 15) is 13.2 Å². The molecule has 1 saturated heterocycles. The van der Waals surface area contributed by atoms with E-state index in [1.807, 2.05) is 31.2 Å². The first-order chi connectivity index (χ1) is 15.4. The maximum atomic E-state index is 13.3. The highest BCUT2D eigenvalue weighted by molar-refractivity contribution is 7.91. The molecule has 0 saturated carbocycles. The molecule has 1 aromatic heterocycles. The summed E-state index contributed by atoms with van der Waals surface area (Å²) in [5, 5.41) is 0.461. The first kappa shape index (κ1) is 22.7. The number of nitrogens with zero attached hydrogens (tertiary/aromatic N) is 2. The topological polar surface area (TPSA) is 85.8 Å². The molecule has 2 heterocycles. The highest BCUT2D eigenvalue weighted by atomic mass is 32.2. The van der Waals surface area contributed by atoms with Crippen molar-refractivity contribution in [2.45, 2.75) is 31.6 Å². The molecule has 7 nitrogen and oxygen atoms in total. The fourth-order valence-corrected chi connectivity index (χ4v) is 6.07. The van der Waals surface area contributed by atoms with Gasteiger partial charge in [-0.25, -0.2) is 13.4 Å². The van der Waals surface area contributed by atoms with Crippen LogP contribution in [0.3, 0.4) is 0 Å². The highest BCUT2D eigenvalue weighted by Gasteiger charge is 2.29. The van der Waals surface area contributed by atoms with Gasteiger partial charge in [0.05, 0.1) is 29.7 Å². The summed E-state index contributed by atoms with van der Waals surface area (Å²) >= 11 is 1.35. The predicted molar refractivity (Wildman–Crippen MR) is 126 cm³/mol. The average Bonchev–Trinajstić information content (AvgIpc) is 3.42. The standard InChI is InChI=1S/C23H26N2O5S2/c1-2-29-19-11-6-12-20-22(19)24-23(31-20)25(14-18-10-7-13-30-18)21(26)16-32(27,28)15-17-8-4-3-5-9-17/h3-6,8-9,11-12,18H,2,7,10,13-16H2,1H3. The lowest BCUT2D eigenvalue weighted by Crippen LogP contribution is -2.41. The second-order valence-corrected chi connectivity index (χ2v) is 10.8. The smallest absolute Gasteiger partial charge is 0.244 e. The number of thiazole rings is 1. The number of hydrogen-bond acceptors (Lipinski definition) is 7. The van der Waals surface area contributed by atoms with Crippen LogP contribution in [0.2, 0.25) is 0 Å². The molecule has 0 N–H and O–H groups in total. The predicted octanol–water partition coefficient (Wildman–Crippen LogP) is 3.82. The zero-order chi connectivity index (χ0) is 22.6. The number of benzene rings is 2. The zero-order valence-corrected chi connectivity index (χ0v) is 19.5. The van der Waals surface area contributed by atoms with E-state index in [0.717, 1.165) is 17.5 Å². The molecule has 0 aliphatic carbocycles. The summed E-state index contributed by atoms with van der Waals surface area (Å²) in [7, 11) is -3.65. The molecule has 1 aliphatic rings. The van der Waals surface area contributed by atoms with E-state index in [2.05, 4.69) is 4.98 Å². The summed E-state index contributed by atoms with van der Waals surface area (Å²) in [6.45, 7) is 3.33. The van der Waals surface area contributed by atoms with Crippen molar-refractivity contribution < 1.29 is 22.7 Å². The first-order valence-corrected chi connectivity index (χ1v) is 13.3. The van der Waals surface area contributed by atoms with Crippen LogP contribution in [0.25, 0.3) is 10.2 Å². The molecule has 9 heteroatoms. The summed E-state index contributed by atoms with van der Waals surface area (Å²) < 4.78 is 37.8. The minimum atomic E-state index is -3.65. The Labute approximate surface area is 191 Å². The number of fused-ring (bicyclic) bond motifs is 1. The van der Waals surface area contributed by atoms with Crippen LogP contribution in [-0.2, 0) is 25.1 Å². The summed E-state index contributed by atoms with van der Waals surface area (Å²) in [6.07, 6.45) is 1.62. The van der Waals surface area contributed by atoms with Crippen molar-refractivity contribution in [1.29, 1.82) is 0 Å². The number of sulfone groups is 1. The number of anilines is 1. The maximum Gasteiger partial charge on any atom is 0.244 e. The summed E-state index contributed by atoms with van der Waals surface area (Å²) in [5.41, 5.74) is 1.33. The van der Waals surface area contributed by atoms with Gasteiger partial charge < -0.3 is 9.47 Å². The molecule has 1 fully saturated rings. The van der Waals surface area contributed by atoms with Gasteiger partial charge in [0.15, 0.2) is 15.0 Å². The molecule has 0 radical (unpaired) electrons. The second kappa shape index (κ2) is 9.97. The lowest BCUT2D eigenvalue weighted by atomic mass is 10.2. The Bertz CT molecular complexity index is 1170.